The molecule has 1 aliphatic rings. The van der Waals surface area contributed by atoms with Gasteiger partial charge < -0.3 is 4.90 Å². The normalized spacial score (nSPS) is 15.6. The molecule has 0 N–H and O–H groups in total. The lowest BCUT2D eigenvalue weighted by Gasteiger charge is -2.11. The first-order valence-corrected chi connectivity index (χ1v) is 3.85. The summed E-state index contributed by atoms with van der Waals surface area (Å²) in [6, 6.07) is 1.95. The molecule has 0 heterocycles. The van der Waals surface area contributed by atoms with E-state index in [1.807, 2.05) is 6.07 Å². The van der Waals surface area contributed by atoms with E-state index in [-0.39, 0.29) is 12.5 Å². The minimum atomic E-state index is 0.106. The van der Waals surface area contributed by atoms with E-state index in [1.54, 1.807) is 7.05 Å². The van der Waals surface area contributed by atoms with Crippen LogP contribution in [-0.2, 0) is 4.79 Å². The molecule has 3 nitrogen and oxygen atoms in total. The van der Waals surface area contributed by atoms with Crippen LogP contribution in [0.15, 0.2) is 0 Å². The molecule has 1 rings (SSSR count). The Kier molecular flexibility index (Phi) is 2.48. The van der Waals surface area contributed by atoms with Crippen molar-refractivity contribution < 1.29 is 4.79 Å². The highest BCUT2D eigenvalue weighted by Gasteiger charge is 2.25. The molecule has 0 radical (unpaired) electrons. The molecular formula is C8H12N2O. The van der Waals surface area contributed by atoms with Crippen LogP contribution in [0.1, 0.15) is 19.3 Å². The first-order valence-electron chi connectivity index (χ1n) is 3.85. The molecular weight excluding hydrogens is 140 g/mol. The molecule has 11 heavy (non-hydrogen) atoms. The number of carbonyl (C=O) groups is 1. The van der Waals surface area contributed by atoms with Crippen molar-refractivity contribution in [3.05, 3.63) is 0 Å². The summed E-state index contributed by atoms with van der Waals surface area (Å²) in [6.45, 7) is 0.214. The van der Waals surface area contributed by atoms with Gasteiger partial charge in [-0.05, 0) is 18.8 Å². The maximum atomic E-state index is 11.2. The molecule has 0 aliphatic heterocycles. The first-order chi connectivity index (χ1) is 5.24. The standard InChI is InChI=1S/C8H12N2O/c1-10(5-4-9)8(11)6-7-2-3-7/h7H,2-3,5-6H2,1H3. The van der Waals surface area contributed by atoms with Gasteiger partial charge in [-0.3, -0.25) is 4.79 Å². The van der Waals surface area contributed by atoms with Crippen LogP contribution in [0, 0.1) is 17.2 Å². The number of hydrogen-bond acceptors (Lipinski definition) is 2. The highest BCUT2D eigenvalue weighted by molar-refractivity contribution is 5.76. The fourth-order valence-electron chi connectivity index (χ4n) is 0.919. The number of amides is 1. The van der Waals surface area contributed by atoms with Gasteiger partial charge in [-0.2, -0.15) is 5.26 Å². The molecule has 0 aromatic heterocycles. The number of nitrogens with zero attached hydrogens (tertiary/aromatic N) is 2. The lowest BCUT2D eigenvalue weighted by molar-refractivity contribution is -0.129. The van der Waals surface area contributed by atoms with E-state index >= 15 is 0 Å². The average Bonchev–Trinajstić information content (AvgIpc) is 2.72. The van der Waals surface area contributed by atoms with Crippen LogP contribution in [0.5, 0.6) is 0 Å². The van der Waals surface area contributed by atoms with Gasteiger partial charge in [0.2, 0.25) is 5.91 Å². The topological polar surface area (TPSA) is 44.1 Å². The second kappa shape index (κ2) is 3.38. The number of nitriles is 1. The molecule has 0 aromatic carbocycles. The largest absolute Gasteiger partial charge is 0.332 e. The van der Waals surface area contributed by atoms with Crippen molar-refractivity contribution in [3.63, 3.8) is 0 Å². The lowest BCUT2D eigenvalue weighted by Crippen LogP contribution is -2.26. The van der Waals surface area contributed by atoms with Crippen LogP contribution in [0.2, 0.25) is 0 Å². The summed E-state index contributed by atoms with van der Waals surface area (Å²) in [5, 5.41) is 8.29. The Balaban J connectivity index is 2.22. The van der Waals surface area contributed by atoms with Crippen LogP contribution in [0.3, 0.4) is 0 Å². The Morgan fingerprint density at radius 1 is 1.73 bits per heavy atom. The predicted octanol–water partition coefficient (Wildman–Crippen LogP) is 0.768. The maximum Gasteiger partial charge on any atom is 0.223 e. The van der Waals surface area contributed by atoms with E-state index in [2.05, 4.69) is 0 Å². The van der Waals surface area contributed by atoms with Crippen molar-refractivity contribution in [1.29, 1.82) is 5.26 Å². The van der Waals surface area contributed by atoms with Gasteiger partial charge in [-0.1, -0.05) is 0 Å². The van der Waals surface area contributed by atoms with E-state index < -0.39 is 0 Å². The van der Waals surface area contributed by atoms with Gasteiger partial charge >= 0.3 is 0 Å². The second-order valence-electron chi connectivity index (χ2n) is 3.06. The molecule has 1 saturated carbocycles. The summed E-state index contributed by atoms with van der Waals surface area (Å²) >= 11 is 0. The molecule has 3 heteroatoms. The summed E-state index contributed by atoms with van der Waals surface area (Å²) in [7, 11) is 1.67. The fraction of sp³-hybridized carbons (Fsp3) is 0.750. The third kappa shape index (κ3) is 2.58. The van der Waals surface area contributed by atoms with Crippen molar-refractivity contribution in [2.45, 2.75) is 19.3 Å². The van der Waals surface area contributed by atoms with Gasteiger partial charge in [0.15, 0.2) is 0 Å². The predicted molar refractivity (Wildman–Crippen MR) is 40.6 cm³/mol. The summed E-state index contributed by atoms with van der Waals surface area (Å²) < 4.78 is 0. The smallest absolute Gasteiger partial charge is 0.223 e. The van der Waals surface area contributed by atoms with E-state index in [4.69, 9.17) is 5.26 Å². The minimum Gasteiger partial charge on any atom is -0.332 e. The molecule has 0 unspecified atom stereocenters. The minimum absolute atomic E-state index is 0.106. The highest BCUT2D eigenvalue weighted by Crippen LogP contribution is 2.32. The Morgan fingerprint density at radius 3 is 2.82 bits per heavy atom. The van der Waals surface area contributed by atoms with Gasteiger partial charge in [-0.15, -0.1) is 0 Å². The van der Waals surface area contributed by atoms with E-state index in [1.165, 1.54) is 17.7 Å². The van der Waals surface area contributed by atoms with Crippen molar-refractivity contribution in [3.8, 4) is 6.07 Å². The van der Waals surface area contributed by atoms with Crippen LogP contribution in [0.25, 0.3) is 0 Å². The average molecular weight is 152 g/mol. The first kappa shape index (κ1) is 8.06. The van der Waals surface area contributed by atoms with Crippen LogP contribution < -0.4 is 0 Å². The van der Waals surface area contributed by atoms with Gasteiger partial charge in [0.25, 0.3) is 0 Å². The lowest BCUT2D eigenvalue weighted by atomic mass is 10.2. The SMILES string of the molecule is CN(CC#N)C(=O)CC1CC1. The number of hydrogen-bond donors (Lipinski definition) is 0. The zero-order chi connectivity index (χ0) is 8.27. The molecule has 1 aliphatic carbocycles. The van der Waals surface area contributed by atoms with E-state index in [0.29, 0.717) is 12.3 Å². The third-order valence-corrected chi connectivity index (χ3v) is 1.89. The summed E-state index contributed by atoms with van der Waals surface area (Å²) in [5.74, 6) is 0.720. The van der Waals surface area contributed by atoms with Crippen molar-refractivity contribution in [2.24, 2.45) is 5.92 Å². The molecule has 0 saturated heterocycles. The fourth-order valence-corrected chi connectivity index (χ4v) is 0.919. The molecule has 0 spiro atoms. The van der Waals surface area contributed by atoms with Crippen LogP contribution in [0.4, 0.5) is 0 Å². The van der Waals surface area contributed by atoms with Crippen molar-refractivity contribution in [2.75, 3.05) is 13.6 Å². The molecule has 1 amide bonds. The number of carbonyl (C=O) groups excluding carboxylic acids is 1. The zero-order valence-corrected chi connectivity index (χ0v) is 6.71. The Hall–Kier alpha value is -1.04. The third-order valence-electron chi connectivity index (χ3n) is 1.89. The summed E-state index contributed by atoms with van der Waals surface area (Å²) in [5.41, 5.74) is 0. The van der Waals surface area contributed by atoms with Gasteiger partial charge in [0.1, 0.15) is 6.54 Å². The van der Waals surface area contributed by atoms with Crippen molar-refractivity contribution >= 4 is 5.91 Å². The maximum absolute atomic E-state index is 11.2. The van der Waals surface area contributed by atoms with Crippen molar-refractivity contribution in [1.82, 2.24) is 4.90 Å². The van der Waals surface area contributed by atoms with Gasteiger partial charge in [-0.25, -0.2) is 0 Å². The zero-order valence-electron chi connectivity index (χ0n) is 6.71. The molecule has 0 bridgehead atoms. The molecule has 0 atom stereocenters. The van der Waals surface area contributed by atoms with Gasteiger partial charge in [0, 0.05) is 13.5 Å². The quantitative estimate of drug-likeness (QED) is 0.560. The Bertz CT molecular complexity index is 191. The highest BCUT2D eigenvalue weighted by atomic mass is 16.2. The molecule has 1 fully saturated rings. The molecule has 0 aromatic rings. The van der Waals surface area contributed by atoms with Gasteiger partial charge in [0.05, 0.1) is 6.07 Å². The monoisotopic (exact) mass is 152 g/mol. The Labute approximate surface area is 66.6 Å². The molecule has 60 valence electrons. The summed E-state index contributed by atoms with van der Waals surface area (Å²) in [6.07, 6.45) is 3.01. The summed E-state index contributed by atoms with van der Waals surface area (Å²) in [4.78, 5) is 12.6. The number of rotatable bonds is 3. The van der Waals surface area contributed by atoms with Crippen LogP contribution in [-0.4, -0.2) is 24.4 Å². The van der Waals surface area contributed by atoms with E-state index in [0.717, 1.165) is 0 Å². The van der Waals surface area contributed by atoms with E-state index in [9.17, 15) is 4.79 Å². The van der Waals surface area contributed by atoms with Crippen LogP contribution >= 0.6 is 0 Å². The second-order valence-corrected chi connectivity index (χ2v) is 3.06. The Morgan fingerprint density at radius 2 is 2.36 bits per heavy atom.